The van der Waals surface area contributed by atoms with Gasteiger partial charge in [0.25, 0.3) is 0 Å². The van der Waals surface area contributed by atoms with Crippen LogP contribution in [0.4, 0.5) is 0 Å². The Hall–Kier alpha value is 1.20. The Labute approximate surface area is 49.5 Å². The van der Waals surface area contributed by atoms with Gasteiger partial charge < -0.3 is 0 Å². The van der Waals surface area contributed by atoms with Crippen molar-refractivity contribution in [3.8, 4) is 0 Å². The third-order valence-corrected chi connectivity index (χ3v) is 0. The van der Waals surface area contributed by atoms with Crippen molar-refractivity contribution in [1.82, 2.24) is 0 Å². The van der Waals surface area contributed by atoms with Gasteiger partial charge in [0.2, 0.25) is 0 Å². The molecule has 0 atom stereocenters. The summed E-state index contributed by atoms with van der Waals surface area (Å²) in [4.78, 5) is 0. The molecule has 0 heterocycles. The quantitative estimate of drug-likeness (QED) is 0.322. The molecule has 2 radical (unpaired) electrons. The normalized spacial score (nSPS) is 1.00. The van der Waals surface area contributed by atoms with Crippen LogP contribution in [0.15, 0.2) is 0 Å². The van der Waals surface area contributed by atoms with Crippen LogP contribution < -0.4 is 0 Å². The monoisotopic (exact) mass is 114 g/mol. The van der Waals surface area contributed by atoms with E-state index in [2.05, 4.69) is 0 Å². The molecule has 0 aliphatic heterocycles. The van der Waals surface area contributed by atoms with Gasteiger partial charge in [0.05, 0.1) is 0 Å². The van der Waals surface area contributed by atoms with E-state index in [1.165, 1.54) is 0 Å². The molecular formula is HCoLiOP. The molecule has 0 aromatic heterocycles. The van der Waals surface area contributed by atoms with Crippen molar-refractivity contribution in [2.45, 2.75) is 0 Å². The van der Waals surface area contributed by atoms with Crippen LogP contribution in [0.2, 0.25) is 0 Å². The molecule has 4 heteroatoms. The van der Waals surface area contributed by atoms with Gasteiger partial charge in [0.15, 0.2) is 0 Å². The first-order valence-electron chi connectivity index (χ1n) is 0.204. The summed E-state index contributed by atoms with van der Waals surface area (Å²) < 4.78 is 8.06. The summed E-state index contributed by atoms with van der Waals surface area (Å²) in [7, 11) is 1.72. The van der Waals surface area contributed by atoms with Gasteiger partial charge in [-0.3, -0.25) is 4.57 Å². The van der Waals surface area contributed by atoms with Crippen LogP contribution in [0.5, 0.6) is 0 Å². The molecule has 0 spiro atoms. The van der Waals surface area contributed by atoms with Crippen LogP contribution in [0.1, 0.15) is 0 Å². The summed E-state index contributed by atoms with van der Waals surface area (Å²) in [5.74, 6) is 0. The molecule has 0 aromatic carbocycles. The Kier molecular flexibility index (Phi) is 141. The van der Waals surface area contributed by atoms with E-state index < -0.39 is 0 Å². The van der Waals surface area contributed by atoms with Crippen molar-refractivity contribution in [3.63, 3.8) is 0 Å². The summed E-state index contributed by atoms with van der Waals surface area (Å²) in [5.41, 5.74) is 0. The third-order valence-electron chi connectivity index (χ3n) is 0. The molecule has 0 bridgehead atoms. The molecule has 0 aliphatic carbocycles. The Morgan fingerprint density at radius 3 is 1.25 bits per heavy atom. The van der Waals surface area contributed by atoms with Crippen molar-refractivity contribution < 1.29 is 21.3 Å². The summed E-state index contributed by atoms with van der Waals surface area (Å²) in [5, 5.41) is 0. The van der Waals surface area contributed by atoms with Crippen molar-refractivity contribution in [2.75, 3.05) is 0 Å². The minimum atomic E-state index is 0. The molecule has 0 saturated carbocycles. The maximum atomic E-state index is 8.06. The molecule has 0 aliphatic rings. The molecule has 0 amide bonds. The molecule has 0 rings (SSSR count). The van der Waals surface area contributed by atoms with E-state index in [0.717, 1.165) is 0 Å². The van der Waals surface area contributed by atoms with Gasteiger partial charge in [-0.2, -0.15) is 0 Å². The zero-order chi connectivity index (χ0) is 2.00. The molecule has 0 saturated heterocycles. The largest absolute Gasteiger partial charge is 0.279 e. The Bertz CT molecular complexity index is 8.00. The molecule has 0 fully saturated rings. The SMILES string of the molecule is O=P.[Co].[Li]. The fraction of sp³-hybridized carbons (Fsp3) is 0. The second-order valence-electron chi connectivity index (χ2n) is 0. The maximum Gasteiger partial charge on any atom is 0.138 e. The fourth-order valence-corrected chi connectivity index (χ4v) is 0. The van der Waals surface area contributed by atoms with Crippen LogP contribution in [0.3, 0.4) is 0 Å². The average Bonchev–Trinajstić information content (AvgIpc) is 1.00. The summed E-state index contributed by atoms with van der Waals surface area (Å²) >= 11 is 0. The van der Waals surface area contributed by atoms with E-state index in [0.29, 0.717) is 0 Å². The van der Waals surface area contributed by atoms with Gasteiger partial charge in [0, 0.05) is 35.6 Å². The minimum absolute atomic E-state index is 0. The van der Waals surface area contributed by atoms with Crippen molar-refractivity contribution >= 4 is 28.0 Å². The number of rotatable bonds is 0. The van der Waals surface area contributed by atoms with Gasteiger partial charge >= 0.3 is 0 Å². The van der Waals surface area contributed by atoms with E-state index in [-0.39, 0.29) is 35.6 Å². The minimum Gasteiger partial charge on any atom is -0.279 e. The maximum absolute atomic E-state index is 8.06. The summed E-state index contributed by atoms with van der Waals surface area (Å²) in [6.45, 7) is 0. The van der Waals surface area contributed by atoms with Crippen LogP contribution in [0, 0.1) is 0 Å². The third kappa shape index (κ3) is 10.7. The van der Waals surface area contributed by atoms with E-state index in [9.17, 15) is 0 Å². The topological polar surface area (TPSA) is 17.1 Å². The zero-order valence-corrected chi connectivity index (χ0v) is 4.28. The first-order valence-corrected chi connectivity index (χ1v) is 0.612. The Balaban J connectivity index is -0.00000000500. The predicted molar refractivity (Wildman–Crippen MR) is 14.8 cm³/mol. The smallest absolute Gasteiger partial charge is 0.138 e. The van der Waals surface area contributed by atoms with Gasteiger partial charge in [-0.15, -0.1) is 0 Å². The van der Waals surface area contributed by atoms with Gasteiger partial charge in [-0.25, -0.2) is 0 Å². The Morgan fingerprint density at radius 1 is 1.25 bits per heavy atom. The Morgan fingerprint density at radius 2 is 1.25 bits per heavy atom. The molecule has 0 N–H and O–H groups in total. The molecule has 0 aromatic rings. The van der Waals surface area contributed by atoms with Crippen molar-refractivity contribution in [3.05, 3.63) is 0 Å². The van der Waals surface area contributed by atoms with E-state index in [1.807, 2.05) is 0 Å². The van der Waals surface area contributed by atoms with E-state index in [4.69, 9.17) is 4.57 Å². The van der Waals surface area contributed by atoms with Gasteiger partial charge in [0.1, 0.15) is 9.12 Å². The first kappa shape index (κ1) is 18.9. The second kappa shape index (κ2) is 29.8. The molecule has 4 heavy (non-hydrogen) atoms. The van der Waals surface area contributed by atoms with Crippen molar-refractivity contribution in [2.24, 2.45) is 0 Å². The molecule has 0 unspecified atom stereocenters. The van der Waals surface area contributed by atoms with E-state index >= 15 is 0 Å². The molecule has 22 valence electrons. The molecular weight excluding hydrogens is 113 g/mol. The second-order valence-corrected chi connectivity index (χ2v) is 0. The standard InChI is InChI=1S/Co.Li.HOP/c;;1-2/h;;2H. The van der Waals surface area contributed by atoms with Crippen LogP contribution >= 0.6 is 9.12 Å². The van der Waals surface area contributed by atoms with Gasteiger partial charge in [-0.05, 0) is 0 Å². The van der Waals surface area contributed by atoms with Crippen LogP contribution in [0.25, 0.3) is 0 Å². The first-order chi connectivity index (χ1) is 1.00. The molecule has 1 nitrogen and oxygen atoms in total. The summed E-state index contributed by atoms with van der Waals surface area (Å²) in [6, 6.07) is 0. The van der Waals surface area contributed by atoms with E-state index in [1.54, 1.807) is 9.12 Å². The van der Waals surface area contributed by atoms with Crippen LogP contribution in [-0.2, 0) is 21.3 Å². The summed E-state index contributed by atoms with van der Waals surface area (Å²) in [6.07, 6.45) is 0. The van der Waals surface area contributed by atoms with Crippen molar-refractivity contribution in [1.29, 1.82) is 0 Å². The average molecular weight is 114 g/mol. The van der Waals surface area contributed by atoms with Crippen LogP contribution in [-0.4, -0.2) is 18.9 Å². The predicted octanol–water partition coefficient (Wildman–Crippen LogP) is 0.0914. The zero-order valence-electron chi connectivity index (χ0n) is 2.24. The van der Waals surface area contributed by atoms with Gasteiger partial charge in [-0.1, -0.05) is 0 Å². The number of hydrogen-bond donors (Lipinski definition) is 0. The number of hydrogen-bond acceptors (Lipinski definition) is 1. The fourth-order valence-electron chi connectivity index (χ4n) is 0.